The first-order valence-corrected chi connectivity index (χ1v) is 5.17. The lowest BCUT2D eigenvalue weighted by Crippen LogP contribution is -2.62. The normalized spacial score (nSPS) is 30.0. The molecule has 0 spiro atoms. The van der Waals surface area contributed by atoms with Crippen molar-refractivity contribution in [2.45, 2.75) is 47.1 Å². The fraction of sp³-hybridized carbons (Fsp3) is 1.00. The average Bonchev–Trinajstić information content (AvgIpc) is 1.83. The van der Waals surface area contributed by atoms with Crippen LogP contribution in [0.25, 0.3) is 0 Å². The summed E-state index contributed by atoms with van der Waals surface area (Å²) < 4.78 is 0. The summed E-state index contributed by atoms with van der Waals surface area (Å²) in [6, 6.07) is 0.750. The van der Waals surface area contributed by atoms with E-state index in [0.29, 0.717) is 5.41 Å². The molecule has 1 aliphatic heterocycles. The SMILES string of the molecule is CC(C)CC(C)C1NCC1(C)C. The van der Waals surface area contributed by atoms with Gasteiger partial charge < -0.3 is 5.32 Å². The third-order valence-corrected chi connectivity index (χ3v) is 3.03. The highest BCUT2D eigenvalue weighted by Crippen LogP contribution is 2.35. The van der Waals surface area contributed by atoms with Crippen molar-refractivity contribution in [3.63, 3.8) is 0 Å². The zero-order chi connectivity index (χ0) is 9.35. The van der Waals surface area contributed by atoms with Gasteiger partial charge in [0.2, 0.25) is 0 Å². The lowest BCUT2D eigenvalue weighted by atomic mass is 9.70. The molecule has 1 fully saturated rings. The molecule has 0 bridgehead atoms. The maximum absolute atomic E-state index is 3.54. The summed E-state index contributed by atoms with van der Waals surface area (Å²) in [4.78, 5) is 0. The Bertz CT molecular complexity index is 149. The largest absolute Gasteiger partial charge is 0.313 e. The van der Waals surface area contributed by atoms with E-state index >= 15 is 0 Å². The van der Waals surface area contributed by atoms with Crippen LogP contribution in [0.2, 0.25) is 0 Å². The Morgan fingerprint density at radius 2 is 1.92 bits per heavy atom. The minimum atomic E-state index is 0.536. The van der Waals surface area contributed by atoms with Gasteiger partial charge in [-0.05, 0) is 23.7 Å². The van der Waals surface area contributed by atoms with Crippen molar-refractivity contribution in [2.24, 2.45) is 17.3 Å². The monoisotopic (exact) mass is 169 g/mol. The van der Waals surface area contributed by atoms with E-state index in [2.05, 4.69) is 39.9 Å². The van der Waals surface area contributed by atoms with E-state index in [1.165, 1.54) is 13.0 Å². The van der Waals surface area contributed by atoms with Gasteiger partial charge in [-0.25, -0.2) is 0 Å². The van der Waals surface area contributed by atoms with Crippen LogP contribution < -0.4 is 5.32 Å². The molecule has 1 saturated heterocycles. The number of nitrogens with one attached hydrogen (secondary N) is 1. The summed E-state index contributed by atoms with van der Waals surface area (Å²) in [6.45, 7) is 12.9. The van der Waals surface area contributed by atoms with Crippen LogP contribution >= 0.6 is 0 Å². The van der Waals surface area contributed by atoms with Crippen LogP contribution in [0.5, 0.6) is 0 Å². The average molecular weight is 169 g/mol. The Hall–Kier alpha value is -0.0400. The van der Waals surface area contributed by atoms with Crippen molar-refractivity contribution >= 4 is 0 Å². The molecule has 0 aromatic rings. The molecular formula is C11H23N. The summed E-state index contributed by atoms with van der Waals surface area (Å²) in [5.41, 5.74) is 0.536. The van der Waals surface area contributed by atoms with Gasteiger partial charge in [-0.3, -0.25) is 0 Å². The second kappa shape index (κ2) is 3.37. The molecular weight excluding hydrogens is 146 g/mol. The lowest BCUT2D eigenvalue weighted by molar-refractivity contribution is 0.0729. The molecule has 0 aliphatic carbocycles. The molecule has 12 heavy (non-hydrogen) atoms. The summed E-state index contributed by atoms with van der Waals surface area (Å²) in [5.74, 6) is 1.66. The molecule has 72 valence electrons. The second-order valence-electron chi connectivity index (χ2n) is 5.45. The number of hydrogen-bond donors (Lipinski definition) is 1. The number of rotatable bonds is 3. The molecule has 2 unspecified atom stereocenters. The van der Waals surface area contributed by atoms with Crippen LogP contribution in [0, 0.1) is 17.3 Å². The van der Waals surface area contributed by atoms with Crippen LogP contribution in [0.3, 0.4) is 0 Å². The van der Waals surface area contributed by atoms with Crippen molar-refractivity contribution in [3.8, 4) is 0 Å². The van der Waals surface area contributed by atoms with Gasteiger partial charge in [-0.15, -0.1) is 0 Å². The minimum Gasteiger partial charge on any atom is -0.313 e. The quantitative estimate of drug-likeness (QED) is 0.685. The van der Waals surface area contributed by atoms with Crippen molar-refractivity contribution in [3.05, 3.63) is 0 Å². The van der Waals surface area contributed by atoms with Gasteiger partial charge in [0.15, 0.2) is 0 Å². The summed E-state index contributed by atoms with van der Waals surface area (Å²) >= 11 is 0. The van der Waals surface area contributed by atoms with Gasteiger partial charge in [-0.2, -0.15) is 0 Å². The van der Waals surface area contributed by atoms with Gasteiger partial charge in [0.05, 0.1) is 0 Å². The molecule has 0 aromatic heterocycles. The van der Waals surface area contributed by atoms with E-state index < -0.39 is 0 Å². The second-order valence-corrected chi connectivity index (χ2v) is 5.45. The maximum atomic E-state index is 3.54. The smallest absolute Gasteiger partial charge is 0.0156 e. The molecule has 2 atom stereocenters. The first-order chi connectivity index (χ1) is 5.43. The molecule has 1 nitrogen and oxygen atoms in total. The predicted octanol–water partition coefficient (Wildman–Crippen LogP) is 2.67. The Morgan fingerprint density at radius 1 is 1.33 bits per heavy atom. The minimum absolute atomic E-state index is 0.536. The van der Waals surface area contributed by atoms with E-state index in [4.69, 9.17) is 0 Å². The number of hydrogen-bond acceptors (Lipinski definition) is 1. The van der Waals surface area contributed by atoms with E-state index in [1.807, 2.05) is 0 Å². The van der Waals surface area contributed by atoms with Gasteiger partial charge in [-0.1, -0.05) is 34.6 Å². The molecule has 0 saturated carbocycles. The van der Waals surface area contributed by atoms with Crippen LogP contribution in [-0.2, 0) is 0 Å². The van der Waals surface area contributed by atoms with Crippen LogP contribution in [0.1, 0.15) is 41.0 Å². The van der Waals surface area contributed by atoms with Crippen molar-refractivity contribution < 1.29 is 0 Å². The Labute approximate surface area is 76.9 Å². The standard InChI is InChI=1S/C11H23N/c1-8(2)6-9(3)10-11(4,5)7-12-10/h8-10,12H,6-7H2,1-5H3. The molecule has 0 aromatic carbocycles. The van der Waals surface area contributed by atoms with Crippen molar-refractivity contribution in [2.75, 3.05) is 6.54 Å². The van der Waals surface area contributed by atoms with Gasteiger partial charge in [0.1, 0.15) is 0 Å². The fourth-order valence-electron chi connectivity index (χ4n) is 2.48. The first-order valence-electron chi connectivity index (χ1n) is 5.17. The Morgan fingerprint density at radius 3 is 2.17 bits per heavy atom. The molecule has 0 radical (unpaired) electrons. The highest BCUT2D eigenvalue weighted by atomic mass is 15.0. The lowest BCUT2D eigenvalue weighted by Gasteiger charge is -2.49. The molecule has 0 amide bonds. The van der Waals surface area contributed by atoms with Gasteiger partial charge in [0, 0.05) is 12.6 Å². The van der Waals surface area contributed by atoms with Crippen LogP contribution in [0.15, 0.2) is 0 Å². The Balaban J connectivity index is 2.38. The van der Waals surface area contributed by atoms with Crippen molar-refractivity contribution in [1.29, 1.82) is 0 Å². The highest BCUT2D eigenvalue weighted by Gasteiger charge is 2.40. The Kier molecular flexibility index (Phi) is 2.82. The predicted molar refractivity (Wildman–Crippen MR) is 54.2 cm³/mol. The van der Waals surface area contributed by atoms with Crippen molar-refractivity contribution in [1.82, 2.24) is 5.32 Å². The molecule has 1 heteroatoms. The van der Waals surface area contributed by atoms with E-state index in [-0.39, 0.29) is 0 Å². The van der Waals surface area contributed by atoms with E-state index in [0.717, 1.165) is 17.9 Å². The fourth-order valence-corrected chi connectivity index (χ4v) is 2.48. The zero-order valence-corrected chi connectivity index (χ0v) is 9.15. The zero-order valence-electron chi connectivity index (χ0n) is 9.15. The molecule has 1 rings (SSSR count). The van der Waals surface area contributed by atoms with E-state index in [1.54, 1.807) is 0 Å². The van der Waals surface area contributed by atoms with Gasteiger partial charge in [0.25, 0.3) is 0 Å². The summed E-state index contributed by atoms with van der Waals surface area (Å²) in [7, 11) is 0. The molecule has 1 aliphatic rings. The highest BCUT2D eigenvalue weighted by molar-refractivity contribution is 4.98. The van der Waals surface area contributed by atoms with Crippen LogP contribution in [-0.4, -0.2) is 12.6 Å². The summed E-state index contributed by atoms with van der Waals surface area (Å²) in [6.07, 6.45) is 1.35. The third kappa shape index (κ3) is 2.01. The van der Waals surface area contributed by atoms with Gasteiger partial charge >= 0.3 is 0 Å². The molecule has 1 heterocycles. The topological polar surface area (TPSA) is 12.0 Å². The maximum Gasteiger partial charge on any atom is 0.0156 e. The van der Waals surface area contributed by atoms with Crippen LogP contribution in [0.4, 0.5) is 0 Å². The first kappa shape index (κ1) is 10.0. The third-order valence-electron chi connectivity index (χ3n) is 3.03. The molecule has 1 N–H and O–H groups in total. The van der Waals surface area contributed by atoms with E-state index in [9.17, 15) is 0 Å². The summed E-state index contributed by atoms with van der Waals surface area (Å²) in [5, 5.41) is 3.54.